The van der Waals surface area contributed by atoms with Crippen molar-refractivity contribution in [2.24, 2.45) is 0 Å². The van der Waals surface area contributed by atoms with Gasteiger partial charge in [-0.3, -0.25) is 0 Å². The van der Waals surface area contributed by atoms with Crippen LogP contribution in [0, 0.1) is 0 Å². The fourth-order valence-corrected chi connectivity index (χ4v) is 2.22. The number of piperidine rings is 1. The van der Waals surface area contributed by atoms with Crippen LogP contribution in [0.1, 0.15) is 40.5 Å². The van der Waals surface area contributed by atoms with E-state index in [2.05, 4.69) is 45.6 Å². The van der Waals surface area contributed by atoms with Crippen molar-refractivity contribution in [1.82, 2.24) is 4.90 Å². The van der Waals surface area contributed by atoms with Gasteiger partial charge in [0.15, 0.2) is 0 Å². The van der Waals surface area contributed by atoms with Crippen LogP contribution in [0.25, 0.3) is 0 Å². The summed E-state index contributed by atoms with van der Waals surface area (Å²) in [6.45, 7) is 10.7. The summed E-state index contributed by atoms with van der Waals surface area (Å²) in [6, 6.07) is 0. The minimum atomic E-state index is -0.222. The molecule has 0 amide bonds. The van der Waals surface area contributed by atoms with Crippen LogP contribution in [0.3, 0.4) is 0 Å². The molecule has 0 aromatic heterocycles. The van der Waals surface area contributed by atoms with Gasteiger partial charge in [0, 0.05) is 13.1 Å². The van der Waals surface area contributed by atoms with E-state index in [-0.39, 0.29) is 18.3 Å². The van der Waals surface area contributed by atoms with Crippen molar-refractivity contribution >= 4 is 7.12 Å². The van der Waals surface area contributed by atoms with Gasteiger partial charge in [-0.05, 0) is 47.6 Å². The second-order valence-corrected chi connectivity index (χ2v) is 6.25. The maximum absolute atomic E-state index is 5.98. The third-order valence-corrected chi connectivity index (χ3v) is 4.27. The first-order valence-electron chi connectivity index (χ1n) is 6.54. The highest BCUT2D eigenvalue weighted by Gasteiger charge is 2.50. The van der Waals surface area contributed by atoms with Crippen molar-refractivity contribution in [3.8, 4) is 0 Å². The zero-order valence-corrected chi connectivity index (χ0v) is 11.7. The van der Waals surface area contributed by atoms with Crippen LogP contribution in [0.15, 0.2) is 11.5 Å². The van der Waals surface area contributed by atoms with Gasteiger partial charge in [0.05, 0.1) is 11.2 Å². The summed E-state index contributed by atoms with van der Waals surface area (Å²) < 4.78 is 12.0. The molecule has 0 spiro atoms. The lowest BCUT2D eigenvalue weighted by molar-refractivity contribution is 0.00578. The summed E-state index contributed by atoms with van der Waals surface area (Å²) in [5, 5.41) is 0. The fraction of sp³-hybridized carbons (Fsp3) is 0.846. The molecule has 0 radical (unpaired) electrons. The van der Waals surface area contributed by atoms with Gasteiger partial charge in [0.25, 0.3) is 0 Å². The molecule has 17 heavy (non-hydrogen) atoms. The highest BCUT2D eigenvalue weighted by Crippen LogP contribution is 2.37. The third kappa shape index (κ3) is 2.75. The Kier molecular flexibility index (Phi) is 3.41. The Labute approximate surface area is 105 Å². The zero-order chi connectivity index (χ0) is 12.7. The molecular formula is C13H24BNO2. The molecule has 0 aromatic rings. The van der Waals surface area contributed by atoms with Crippen LogP contribution in [-0.4, -0.2) is 43.4 Å². The number of rotatable bonds is 1. The molecule has 2 saturated heterocycles. The summed E-state index contributed by atoms with van der Waals surface area (Å²) in [7, 11) is 2.00. The quantitative estimate of drug-likeness (QED) is 0.653. The lowest BCUT2D eigenvalue weighted by Gasteiger charge is -2.32. The Morgan fingerprint density at radius 1 is 1.06 bits per heavy atom. The first-order chi connectivity index (χ1) is 7.80. The number of nitrogens with zero attached hydrogens (tertiary/aromatic N) is 1. The Hall–Kier alpha value is -0.315. The summed E-state index contributed by atoms with van der Waals surface area (Å²) in [6.07, 6.45) is 2.28. The molecule has 2 fully saturated rings. The van der Waals surface area contributed by atoms with Crippen LogP contribution < -0.4 is 0 Å². The van der Waals surface area contributed by atoms with E-state index in [1.807, 2.05) is 0 Å². The van der Waals surface area contributed by atoms with Crippen LogP contribution in [0.4, 0.5) is 0 Å². The Balaban J connectivity index is 2.00. The molecule has 2 rings (SSSR count). The van der Waals surface area contributed by atoms with Crippen molar-refractivity contribution in [3.05, 3.63) is 11.5 Å². The molecule has 0 bridgehead atoms. The van der Waals surface area contributed by atoms with Crippen molar-refractivity contribution < 1.29 is 9.31 Å². The summed E-state index contributed by atoms with van der Waals surface area (Å²) in [5.74, 6) is 2.18. The van der Waals surface area contributed by atoms with E-state index in [9.17, 15) is 0 Å². The van der Waals surface area contributed by atoms with Crippen molar-refractivity contribution in [2.45, 2.75) is 51.7 Å². The van der Waals surface area contributed by atoms with Gasteiger partial charge in [0.2, 0.25) is 0 Å². The van der Waals surface area contributed by atoms with Gasteiger partial charge >= 0.3 is 7.12 Å². The van der Waals surface area contributed by atoms with Gasteiger partial charge in [-0.25, -0.2) is 0 Å². The predicted octanol–water partition coefficient (Wildman–Crippen LogP) is 2.27. The van der Waals surface area contributed by atoms with Crippen LogP contribution in [-0.2, 0) is 9.31 Å². The van der Waals surface area contributed by atoms with E-state index in [0.29, 0.717) is 0 Å². The molecule has 2 aliphatic heterocycles. The Morgan fingerprint density at radius 2 is 1.53 bits per heavy atom. The SMILES string of the molecule is CN1CCC(=CB2OC(C)(C)C(C)(C)O2)CC1. The molecule has 96 valence electrons. The van der Waals surface area contributed by atoms with E-state index in [4.69, 9.17) is 9.31 Å². The van der Waals surface area contributed by atoms with Gasteiger partial charge in [-0.1, -0.05) is 11.5 Å². The molecule has 2 heterocycles. The molecule has 4 heteroatoms. The normalized spacial score (nSPS) is 28.5. The largest absolute Gasteiger partial charge is 0.487 e. The van der Waals surface area contributed by atoms with Gasteiger partial charge in [-0.2, -0.15) is 0 Å². The highest BCUT2D eigenvalue weighted by atomic mass is 16.7. The summed E-state index contributed by atoms with van der Waals surface area (Å²) in [5.41, 5.74) is 1.03. The van der Waals surface area contributed by atoms with E-state index in [0.717, 1.165) is 25.9 Å². The lowest BCUT2D eigenvalue weighted by Crippen LogP contribution is -2.41. The molecule has 2 aliphatic rings. The zero-order valence-electron chi connectivity index (χ0n) is 11.7. The standard InChI is InChI=1S/C13H24BNO2/c1-12(2)13(3,4)17-14(16-12)10-11-6-8-15(5)9-7-11/h10H,6-9H2,1-5H3. The van der Waals surface area contributed by atoms with Gasteiger partial charge in [-0.15, -0.1) is 0 Å². The summed E-state index contributed by atoms with van der Waals surface area (Å²) >= 11 is 0. The summed E-state index contributed by atoms with van der Waals surface area (Å²) in [4.78, 5) is 2.36. The molecular weight excluding hydrogens is 213 g/mol. The molecule has 0 aromatic carbocycles. The maximum atomic E-state index is 5.98. The predicted molar refractivity (Wildman–Crippen MR) is 70.9 cm³/mol. The second-order valence-electron chi connectivity index (χ2n) is 6.25. The molecule has 0 saturated carbocycles. The minimum absolute atomic E-state index is 0.168. The molecule has 3 nitrogen and oxygen atoms in total. The van der Waals surface area contributed by atoms with Crippen molar-refractivity contribution in [2.75, 3.05) is 20.1 Å². The van der Waals surface area contributed by atoms with E-state index >= 15 is 0 Å². The third-order valence-electron chi connectivity index (χ3n) is 4.27. The Bertz CT molecular complexity index is 299. The topological polar surface area (TPSA) is 21.7 Å². The first-order valence-corrected chi connectivity index (χ1v) is 6.54. The van der Waals surface area contributed by atoms with Crippen LogP contribution in [0.5, 0.6) is 0 Å². The molecule has 0 N–H and O–H groups in total. The second kappa shape index (κ2) is 4.41. The maximum Gasteiger partial charge on any atom is 0.487 e. The van der Waals surface area contributed by atoms with Crippen molar-refractivity contribution in [3.63, 3.8) is 0 Å². The van der Waals surface area contributed by atoms with Gasteiger partial charge < -0.3 is 14.2 Å². The minimum Gasteiger partial charge on any atom is -0.400 e. The molecule has 0 aliphatic carbocycles. The average Bonchev–Trinajstić information content (AvgIpc) is 2.39. The molecule has 0 unspecified atom stereocenters. The number of likely N-dealkylation sites (tertiary alicyclic amines) is 1. The molecule has 0 atom stereocenters. The smallest absolute Gasteiger partial charge is 0.400 e. The Morgan fingerprint density at radius 3 is 2.00 bits per heavy atom. The van der Waals surface area contributed by atoms with Crippen LogP contribution in [0.2, 0.25) is 0 Å². The van der Waals surface area contributed by atoms with Crippen molar-refractivity contribution in [1.29, 1.82) is 0 Å². The monoisotopic (exact) mass is 237 g/mol. The van der Waals surface area contributed by atoms with E-state index in [1.165, 1.54) is 5.57 Å². The van der Waals surface area contributed by atoms with E-state index in [1.54, 1.807) is 0 Å². The van der Waals surface area contributed by atoms with E-state index < -0.39 is 0 Å². The van der Waals surface area contributed by atoms with Gasteiger partial charge in [0.1, 0.15) is 0 Å². The van der Waals surface area contributed by atoms with Crippen LogP contribution >= 0.6 is 0 Å². The highest BCUT2D eigenvalue weighted by molar-refractivity contribution is 6.51. The number of hydrogen-bond donors (Lipinski definition) is 0. The first kappa shape index (κ1) is 13.1. The fourth-order valence-electron chi connectivity index (χ4n) is 2.22. The number of hydrogen-bond acceptors (Lipinski definition) is 3. The average molecular weight is 237 g/mol. The lowest BCUT2D eigenvalue weighted by atomic mass is 9.84.